The van der Waals surface area contributed by atoms with Gasteiger partial charge in [0.15, 0.2) is 0 Å². The predicted molar refractivity (Wildman–Crippen MR) is 52.0 cm³/mol. The highest BCUT2D eigenvalue weighted by atomic mass is 16.3. The van der Waals surface area contributed by atoms with Crippen LogP contribution in [0.1, 0.15) is 46.5 Å². The van der Waals surface area contributed by atoms with E-state index in [0.717, 1.165) is 18.3 Å². The molecule has 1 heteroatoms. The number of hydrogen-bond acceptors (Lipinski definition) is 1. The zero-order chi connectivity index (χ0) is 9.14. The molecule has 1 N–H and O–H groups in total. The molecule has 1 unspecified atom stereocenters. The van der Waals surface area contributed by atoms with Gasteiger partial charge in [0.05, 0.1) is 6.10 Å². The Hall–Kier alpha value is -0.0400. The van der Waals surface area contributed by atoms with Crippen molar-refractivity contribution in [2.24, 2.45) is 17.8 Å². The third-order valence-corrected chi connectivity index (χ3v) is 3.43. The fourth-order valence-electron chi connectivity index (χ4n) is 2.15. The van der Waals surface area contributed by atoms with Gasteiger partial charge in [-0.05, 0) is 43.4 Å². The Morgan fingerprint density at radius 2 is 1.67 bits per heavy atom. The van der Waals surface area contributed by atoms with Gasteiger partial charge in [0.25, 0.3) is 0 Å². The summed E-state index contributed by atoms with van der Waals surface area (Å²) in [4.78, 5) is 0. The van der Waals surface area contributed by atoms with Crippen LogP contribution in [-0.2, 0) is 0 Å². The van der Waals surface area contributed by atoms with Crippen LogP contribution in [0.5, 0.6) is 0 Å². The summed E-state index contributed by atoms with van der Waals surface area (Å²) in [6.45, 7) is 6.77. The Morgan fingerprint density at radius 1 is 1.08 bits per heavy atom. The minimum absolute atomic E-state index is 0.0336. The van der Waals surface area contributed by atoms with Crippen LogP contribution in [0.25, 0.3) is 0 Å². The standard InChI is InChI=1S/C11H22O/c1-8(2)10-5-4-9(3)11(12)7-6-10/h8-12H,4-7H2,1-3H3/t9-,10?,11-/m0/s1. The van der Waals surface area contributed by atoms with Crippen molar-refractivity contribution in [3.63, 3.8) is 0 Å². The molecular formula is C11H22O. The average molecular weight is 170 g/mol. The maximum atomic E-state index is 9.66. The fraction of sp³-hybridized carbons (Fsp3) is 1.00. The van der Waals surface area contributed by atoms with Crippen LogP contribution in [0, 0.1) is 17.8 Å². The SMILES string of the molecule is CC(C)C1CC[C@H](C)[C@@H](O)CC1. The monoisotopic (exact) mass is 170 g/mol. The first-order valence-corrected chi connectivity index (χ1v) is 5.29. The van der Waals surface area contributed by atoms with Crippen molar-refractivity contribution in [2.75, 3.05) is 0 Å². The molecule has 0 heterocycles. The molecule has 0 aliphatic heterocycles. The van der Waals surface area contributed by atoms with Gasteiger partial charge in [0, 0.05) is 0 Å². The van der Waals surface area contributed by atoms with E-state index in [1.165, 1.54) is 19.3 Å². The number of aliphatic hydroxyl groups is 1. The van der Waals surface area contributed by atoms with Crippen molar-refractivity contribution in [2.45, 2.75) is 52.6 Å². The van der Waals surface area contributed by atoms with Crippen molar-refractivity contribution in [1.29, 1.82) is 0 Å². The molecular weight excluding hydrogens is 148 g/mol. The summed E-state index contributed by atoms with van der Waals surface area (Å²) in [6.07, 6.45) is 4.74. The minimum Gasteiger partial charge on any atom is -0.393 e. The largest absolute Gasteiger partial charge is 0.393 e. The third-order valence-electron chi connectivity index (χ3n) is 3.43. The van der Waals surface area contributed by atoms with Crippen LogP contribution >= 0.6 is 0 Å². The second-order valence-electron chi connectivity index (χ2n) is 4.70. The van der Waals surface area contributed by atoms with Gasteiger partial charge in [0.1, 0.15) is 0 Å². The maximum absolute atomic E-state index is 9.66. The molecule has 72 valence electrons. The first kappa shape index (κ1) is 10.0. The van der Waals surface area contributed by atoms with Gasteiger partial charge in [-0.2, -0.15) is 0 Å². The first-order valence-electron chi connectivity index (χ1n) is 5.29. The van der Waals surface area contributed by atoms with Crippen LogP contribution < -0.4 is 0 Å². The van der Waals surface area contributed by atoms with Crippen molar-refractivity contribution >= 4 is 0 Å². The third kappa shape index (κ3) is 2.48. The molecule has 1 fully saturated rings. The average Bonchev–Trinajstić information content (AvgIpc) is 2.16. The molecule has 3 atom stereocenters. The van der Waals surface area contributed by atoms with Gasteiger partial charge >= 0.3 is 0 Å². The molecule has 1 aliphatic carbocycles. The van der Waals surface area contributed by atoms with E-state index in [-0.39, 0.29) is 6.10 Å². The summed E-state index contributed by atoms with van der Waals surface area (Å²) in [6, 6.07) is 0. The van der Waals surface area contributed by atoms with E-state index in [0.29, 0.717) is 5.92 Å². The molecule has 0 aromatic carbocycles. The van der Waals surface area contributed by atoms with Crippen LogP contribution in [0.2, 0.25) is 0 Å². The quantitative estimate of drug-likeness (QED) is 0.600. The van der Waals surface area contributed by atoms with E-state index >= 15 is 0 Å². The second kappa shape index (κ2) is 4.27. The Balaban J connectivity index is 2.44. The van der Waals surface area contributed by atoms with E-state index in [9.17, 15) is 5.11 Å². The Labute approximate surface area is 76.2 Å². The van der Waals surface area contributed by atoms with Gasteiger partial charge < -0.3 is 5.11 Å². The topological polar surface area (TPSA) is 20.2 Å². The smallest absolute Gasteiger partial charge is 0.0565 e. The minimum atomic E-state index is -0.0336. The zero-order valence-corrected chi connectivity index (χ0v) is 8.59. The lowest BCUT2D eigenvalue weighted by atomic mass is 9.89. The van der Waals surface area contributed by atoms with Crippen molar-refractivity contribution in [3.05, 3.63) is 0 Å². The van der Waals surface area contributed by atoms with Crippen LogP contribution in [0.4, 0.5) is 0 Å². The second-order valence-corrected chi connectivity index (χ2v) is 4.70. The van der Waals surface area contributed by atoms with Gasteiger partial charge in [0.2, 0.25) is 0 Å². The predicted octanol–water partition coefficient (Wildman–Crippen LogP) is 2.83. The lowest BCUT2D eigenvalue weighted by molar-refractivity contribution is 0.109. The van der Waals surface area contributed by atoms with E-state index in [4.69, 9.17) is 0 Å². The van der Waals surface area contributed by atoms with E-state index in [1.54, 1.807) is 0 Å². The molecule has 0 aromatic rings. The van der Waals surface area contributed by atoms with Gasteiger partial charge in [-0.1, -0.05) is 20.8 Å². The first-order chi connectivity index (χ1) is 5.61. The summed E-state index contributed by atoms with van der Waals surface area (Å²) < 4.78 is 0. The van der Waals surface area contributed by atoms with E-state index in [2.05, 4.69) is 20.8 Å². The molecule has 12 heavy (non-hydrogen) atoms. The molecule has 0 bridgehead atoms. The molecule has 0 saturated heterocycles. The van der Waals surface area contributed by atoms with Gasteiger partial charge in [-0.3, -0.25) is 0 Å². The summed E-state index contributed by atoms with van der Waals surface area (Å²) in [5.41, 5.74) is 0. The molecule has 1 aliphatic rings. The van der Waals surface area contributed by atoms with Crippen LogP contribution in [0.15, 0.2) is 0 Å². The van der Waals surface area contributed by atoms with E-state index in [1.807, 2.05) is 0 Å². The van der Waals surface area contributed by atoms with Gasteiger partial charge in [-0.25, -0.2) is 0 Å². The summed E-state index contributed by atoms with van der Waals surface area (Å²) in [7, 11) is 0. The lowest BCUT2D eigenvalue weighted by Gasteiger charge is -2.17. The van der Waals surface area contributed by atoms with E-state index < -0.39 is 0 Å². The van der Waals surface area contributed by atoms with Crippen LogP contribution in [-0.4, -0.2) is 11.2 Å². The lowest BCUT2D eigenvalue weighted by Crippen LogP contribution is -2.14. The van der Waals surface area contributed by atoms with Gasteiger partial charge in [-0.15, -0.1) is 0 Å². The molecule has 0 spiro atoms. The molecule has 0 amide bonds. The van der Waals surface area contributed by atoms with Crippen molar-refractivity contribution in [1.82, 2.24) is 0 Å². The molecule has 0 radical (unpaired) electrons. The maximum Gasteiger partial charge on any atom is 0.0565 e. The Kier molecular flexibility index (Phi) is 3.57. The molecule has 1 saturated carbocycles. The summed E-state index contributed by atoms with van der Waals surface area (Å²) >= 11 is 0. The van der Waals surface area contributed by atoms with Crippen molar-refractivity contribution < 1.29 is 5.11 Å². The Morgan fingerprint density at radius 3 is 2.25 bits per heavy atom. The zero-order valence-electron chi connectivity index (χ0n) is 8.59. The molecule has 1 rings (SSSR count). The van der Waals surface area contributed by atoms with Crippen molar-refractivity contribution in [3.8, 4) is 0 Å². The highest BCUT2D eigenvalue weighted by Crippen LogP contribution is 2.31. The molecule has 0 aromatic heterocycles. The number of hydrogen-bond donors (Lipinski definition) is 1. The fourth-order valence-corrected chi connectivity index (χ4v) is 2.15. The summed E-state index contributed by atoms with van der Waals surface area (Å²) in [5.74, 6) is 2.17. The number of aliphatic hydroxyl groups excluding tert-OH is 1. The molecule has 1 nitrogen and oxygen atoms in total. The Bertz CT molecular complexity index is 119. The van der Waals surface area contributed by atoms with Crippen LogP contribution in [0.3, 0.4) is 0 Å². The normalized spacial score (nSPS) is 38.2. The highest BCUT2D eigenvalue weighted by molar-refractivity contribution is 4.75. The summed E-state index contributed by atoms with van der Waals surface area (Å²) in [5, 5.41) is 9.66. The number of rotatable bonds is 1. The highest BCUT2D eigenvalue weighted by Gasteiger charge is 2.23.